The molecule has 7 heteroatoms. The molecule has 7 nitrogen and oxygen atoms in total. The molecular formula is C23H25N3O4. The van der Waals surface area contributed by atoms with E-state index in [1.165, 1.54) is 6.26 Å². The third-order valence-electron chi connectivity index (χ3n) is 4.20. The van der Waals surface area contributed by atoms with Gasteiger partial charge >= 0.3 is 0 Å². The molecule has 2 aromatic carbocycles. The van der Waals surface area contributed by atoms with Gasteiger partial charge in [0.2, 0.25) is 5.91 Å². The van der Waals surface area contributed by atoms with E-state index in [1.807, 2.05) is 24.3 Å². The first-order chi connectivity index (χ1) is 14.6. The third kappa shape index (κ3) is 6.41. The summed E-state index contributed by atoms with van der Waals surface area (Å²) in [5.74, 6) is 0.427. The van der Waals surface area contributed by atoms with Gasteiger partial charge in [-0.25, -0.2) is 0 Å². The van der Waals surface area contributed by atoms with E-state index in [-0.39, 0.29) is 24.1 Å². The minimum Gasteiger partial charge on any atom is -0.494 e. The van der Waals surface area contributed by atoms with E-state index in [0.29, 0.717) is 18.0 Å². The van der Waals surface area contributed by atoms with Crippen LogP contribution in [0.1, 0.15) is 30.3 Å². The van der Waals surface area contributed by atoms with Crippen LogP contribution in [0.4, 0.5) is 17.1 Å². The number of ether oxygens (including phenoxy) is 1. The summed E-state index contributed by atoms with van der Waals surface area (Å²) in [5.41, 5.74) is 1.94. The van der Waals surface area contributed by atoms with Crippen LogP contribution in [-0.2, 0) is 4.79 Å². The van der Waals surface area contributed by atoms with E-state index in [2.05, 4.69) is 22.9 Å². The monoisotopic (exact) mass is 407 g/mol. The first-order valence-corrected chi connectivity index (χ1v) is 9.85. The summed E-state index contributed by atoms with van der Waals surface area (Å²) in [6.45, 7) is 2.89. The van der Waals surface area contributed by atoms with Gasteiger partial charge in [-0.3, -0.25) is 9.59 Å². The Morgan fingerprint density at radius 1 is 0.933 bits per heavy atom. The maximum Gasteiger partial charge on any atom is 0.291 e. The van der Waals surface area contributed by atoms with Crippen molar-refractivity contribution in [1.82, 2.24) is 0 Å². The number of hydrogen-bond acceptors (Lipinski definition) is 5. The molecule has 0 spiro atoms. The number of carbonyl (C=O) groups excluding carboxylic acids is 2. The molecule has 3 rings (SSSR count). The van der Waals surface area contributed by atoms with Crippen molar-refractivity contribution in [2.75, 3.05) is 29.1 Å². The predicted octanol–water partition coefficient (Wildman–Crippen LogP) is 4.76. The van der Waals surface area contributed by atoms with Gasteiger partial charge in [0.25, 0.3) is 5.91 Å². The molecule has 0 aliphatic heterocycles. The maximum absolute atomic E-state index is 12.3. The van der Waals surface area contributed by atoms with Crippen molar-refractivity contribution in [3.8, 4) is 5.75 Å². The Morgan fingerprint density at radius 3 is 2.47 bits per heavy atom. The fraction of sp³-hybridized carbons (Fsp3) is 0.217. The second kappa shape index (κ2) is 10.7. The number of hydrogen-bond donors (Lipinski definition) is 3. The van der Waals surface area contributed by atoms with Gasteiger partial charge in [-0.15, -0.1) is 0 Å². The Morgan fingerprint density at radius 2 is 1.70 bits per heavy atom. The van der Waals surface area contributed by atoms with Gasteiger partial charge in [0.05, 0.1) is 19.4 Å². The molecule has 0 atom stereocenters. The van der Waals surface area contributed by atoms with E-state index < -0.39 is 0 Å². The largest absolute Gasteiger partial charge is 0.494 e. The minimum atomic E-state index is -0.355. The average Bonchev–Trinajstić information content (AvgIpc) is 3.28. The molecular weight excluding hydrogens is 382 g/mol. The quantitative estimate of drug-likeness (QED) is 0.421. The van der Waals surface area contributed by atoms with Crippen molar-refractivity contribution in [2.24, 2.45) is 0 Å². The Bertz CT molecular complexity index is 970. The highest BCUT2D eigenvalue weighted by Crippen LogP contribution is 2.18. The van der Waals surface area contributed by atoms with Crippen LogP contribution in [-0.4, -0.2) is 25.0 Å². The van der Waals surface area contributed by atoms with E-state index in [0.717, 1.165) is 24.3 Å². The molecule has 1 heterocycles. The molecule has 0 radical (unpaired) electrons. The Balaban J connectivity index is 1.50. The molecule has 1 aromatic heterocycles. The fourth-order valence-electron chi connectivity index (χ4n) is 2.69. The van der Waals surface area contributed by atoms with Gasteiger partial charge in [0, 0.05) is 23.1 Å². The lowest BCUT2D eigenvalue weighted by Gasteiger charge is -2.11. The van der Waals surface area contributed by atoms with Crippen LogP contribution in [0.25, 0.3) is 0 Å². The van der Waals surface area contributed by atoms with E-state index in [4.69, 9.17) is 9.15 Å². The van der Waals surface area contributed by atoms with Crippen LogP contribution < -0.4 is 20.7 Å². The van der Waals surface area contributed by atoms with Crippen molar-refractivity contribution in [3.63, 3.8) is 0 Å². The molecule has 0 unspecified atom stereocenters. The molecule has 0 fully saturated rings. The van der Waals surface area contributed by atoms with Crippen LogP contribution in [0.3, 0.4) is 0 Å². The van der Waals surface area contributed by atoms with Gasteiger partial charge in [0.15, 0.2) is 5.76 Å². The van der Waals surface area contributed by atoms with Gasteiger partial charge in [-0.05, 0) is 48.9 Å². The smallest absolute Gasteiger partial charge is 0.291 e. The molecule has 0 saturated heterocycles. The zero-order valence-corrected chi connectivity index (χ0v) is 16.8. The van der Waals surface area contributed by atoms with E-state index >= 15 is 0 Å². The van der Waals surface area contributed by atoms with Gasteiger partial charge < -0.3 is 25.1 Å². The summed E-state index contributed by atoms with van der Waals surface area (Å²) in [6, 6.07) is 17.7. The number of carbonyl (C=O) groups is 2. The third-order valence-corrected chi connectivity index (χ3v) is 4.20. The molecule has 0 aliphatic rings. The van der Waals surface area contributed by atoms with Crippen molar-refractivity contribution in [2.45, 2.75) is 19.8 Å². The van der Waals surface area contributed by atoms with Crippen LogP contribution in [0, 0.1) is 0 Å². The van der Waals surface area contributed by atoms with Gasteiger partial charge in [-0.1, -0.05) is 25.5 Å². The summed E-state index contributed by atoms with van der Waals surface area (Å²) in [5, 5.41) is 8.63. The number of benzene rings is 2. The standard InChI is InChI=1S/C23H25N3O4/c1-2-3-12-29-20-10-5-7-17(15-20)24-16-22(27)25-18-8-4-9-19(14-18)26-23(28)21-11-6-13-30-21/h4-11,13-15,24H,2-3,12,16H2,1H3,(H,25,27)(H,26,28). The molecule has 0 saturated carbocycles. The molecule has 0 bridgehead atoms. The summed E-state index contributed by atoms with van der Waals surface area (Å²) in [7, 11) is 0. The lowest BCUT2D eigenvalue weighted by molar-refractivity contribution is -0.114. The maximum atomic E-state index is 12.3. The summed E-state index contributed by atoms with van der Waals surface area (Å²) < 4.78 is 10.8. The first-order valence-electron chi connectivity index (χ1n) is 9.85. The summed E-state index contributed by atoms with van der Waals surface area (Å²) in [4.78, 5) is 24.4. The van der Waals surface area contributed by atoms with Gasteiger partial charge in [0.1, 0.15) is 5.75 Å². The average molecular weight is 407 g/mol. The Kier molecular flexibility index (Phi) is 7.49. The topological polar surface area (TPSA) is 92.6 Å². The van der Waals surface area contributed by atoms with Crippen LogP contribution in [0.15, 0.2) is 71.3 Å². The highest BCUT2D eigenvalue weighted by Gasteiger charge is 2.09. The van der Waals surface area contributed by atoms with Gasteiger partial charge in [-0.2, -0.15) is 0 Å². The fourth-order valence-corrected chi connectivity index (χ4v) is 2.69. The Labute approximate surface area is 175 Å². The predicted molar refractivity (Wildman–Crippen MR) is 117 cm³/mol. The zero-order chi connectivity index (χ0) is 21.2. The van der Waals surface area contributed by atoms with Crippen molar-refractivity contribution >= 4 is 28.9 Å². The van der Waals surface area contributed by atoms with Crippen LogP contribution in [0.5, 0.6) is 5.75 Å². The van der Waals surface area contributed by atoms with Crippen molar-refractivity contribution < 1.29 is 18.7 Å². The lowest BCUT2D eigenvalue weighted by atomic mass is 10.2. The second-order valence-electron chi connectivity index (χ2n) is 6.64. The summed E-state index contributed by atoms with van der Waals surface area (Å²) >= 11 is 0. The molecule has 2 amide bonds. The number of unbranched alkanes of at least 4 members (excludes halogenated alkanes) is 1. The van der Waals surface area contributed by atoms with Crippen LogP contribution in [0.2, 0.25) is 0 Å². The lowest BCUT2D eigenvalue weighted by Crippen LogP contribution is -2.21. The zero-order valence-electron chi connectivity index (χ0n) is 16.8. The molecule has 156 valence electrons. The normalized spacial score (nSPS) is 10.3. The summed E-state index contributed by atoms with van der Waals surface area (Å²) in [6.07, 6.45) is 3.51. The van der Waals surface area contributed by atoms with Crippen molar-refractivity contribution in [1.29, 1.82) is 0 Å². The number of furan rings is 1. The number of nitrogens with one attached hydrogen (secondary N) is 3. The highest BCUT2D eigenvalue weighted by molar-refractivity contribution is 6.02. The SMILES string of the molecule is CCCCOc1cccc(NCC(=O)Nc2cccc(NC(=O)c3ccco3)c2)c1. The van der Waals surface area contributed by atoms with E-state index in [9.17, 15) is 9.59 Å². The Hall–Kier alpha value is -3.74. The molecule has 30 heavy (non-hydrogen) atoms. The minimum absolute atomic E-state index is 0.0986. The first kappa shape index (κ1) is 21.0. The number of rotatable bonds is 10. The second-order valence-corrected chi connectivity index (χ2v) is 6.64. The van der Waals surface area contributed by atoms with E-state index in [1.54, 1.807) is 36.4 Å². The number of anilines is 3. The van der Waals surface area contributed by atoms with Crippen molar-refractivity contribution in [3.05, 3.63) is 72.7 Å². The highest BCUT2D eigenvalue weighted by atomic mass is 16.5. The molecule has 3 N–H and O–H groups in total. The number of amides is 2. The molecule has 0 aliphatic carbocycles. The van der Waals surface area contributed by atoms with Crippen LogP contribution >= 0.6 is 0 Å². The molecule has 3 aromatic rings.